The molecule has 7 nitrogen and oxygen atoms in total. The molecule has 3 N–H and O–H groups in total. The highest BCUT2D eigenvalue weighted by atomic mass is 16.5. The van der Waals surface area contributed by atoms with Crippen LogP contribution in [0, 0.1) is 6.92 Å². The second-order valence-corrected chi connectivity index (χ2v) is 4.27. The van der Waals surface area contributed by atoms with Crippen molar-refractivity contribution in [3.8, 4) is 11.5 Å². The maximum atomic E-state index is 12.2. The first-order valence-electron chi connectivity index (χ1n) is 6.17. The summed E-state index contributed by atoms with van der Waals surface area (Å²) < 4.78 is 10.4. The van der Waals surface area contributed by atoms with Crippen molar-refractivity contribution in [1.29, 1.82) is 0 Å². The Morgan fingerprint density at radius 1 is 1.14 bits per heavy atom. The number of aromatic nitrogens is 2. The Balaban J connectivity index is 2.31. The van der Waals surface area contributed by atoms with Crippen LogP contribution in [0.5, 0.6) is 11.5 Å². The van der Waals surface area contributed by atoms with E-state index in [-0.39, 0.29) is 11.5 Å². The molecule has 0 aliphatic carbocycles. The van der Waals surface area contributed by atoms with Crippen molar-refractivity contribution < 1.29 is 14.3 Å². The molecule has 0 unspecified atom stereocenters. The summed E-state index contributed by atoms with van der Waals surface area (Å²) in [5.74, 6) is 0.751. The van der Waals surface area contributed by atoms with Crippen LogP contribution in [0.2, 0.25) is 0 Å². The Hall–Kier alpha value is -2.83. The van der Waals surface area contributed by atoms with E-state index in [1.165, 1.54) is 19.5 Å². The Morgan fingerprint density at radius 3 is 2.38 bits per heavy atom. The minimum atomic E-state index is -0.434. The van der Waals surface area contributed by atoms with Gasteiger partial charge in [-0.3, -0.25) is 4.79 Å². The lowest BCUT2D eigenvalue weighted by atomic mass is 10.1. The number of carbonyl (C=O) groups excluding carboxylic acids is 1. The summed E-state index contributed by atoms with van der Waals surface area (Å²) in [6, 6.07) is 3.45. The topological polar surface area (TPSA) is 99.4 Å². The number of amides is 1. The van der Waals surface area contributed by atoms with Gasteiger partial charge in [-0.15, -0.1) is 0 Å². The Morgan fingerprint density at radius 2 is 1.76 bits per heavy atom. The monoisotopic (exact) mass is 288 g/mol. The molecular formula is C14H16N4O3. The molecule has 1 heterocycles. The molecule has 0 radical (unpaired) electrons. The van der Waals surface area contributed by atoms with Crippen molar-refractivity contribution >= 4 is 17.4 Å². The van der Waals surface area contributed by atoms with Crippen LogP contribution in [0.3, 0.4) is 0 Å². The first kappa shape index (κ1) is 14.6. The standard InChI is InChI=1S/C14H16N4O3/c1-8-6-10(20-2)11(21-3)7-9(8)18-14(19)12-13(15)17-5-4-16-12/h4-7H,1-3H3,(H2,15,17)(H,18,19). The number of ether oxygens (including phenoxy) is 2. The molecule has 0 fully saturated rings. The summed E-state index contributed by atoms with van der Waals surface area (Å²) in [6.07, 6.45) is 2.83. The molecule has 0 saturated carbocycles. The molecule has 1 amide bonds. The first-order chi connectivity index (χ1) is 10.1. The molecule has 1 aromatic heterocycles. The Kier molecular flexibility index (Phi) is 4.22. The number of carbonyl (C=O) groups is 1. The van der Waals surface area contributed by atoms with E-state index in [1.807, 2.05) is 6.92 Å². The Labute approximate surface area is 122 Å². The van der Waals surface area contributed by atoms with Gasteiger partial charge in [0, 0.05) is 24.1 Å². The van der Waals surface area contributed by atoms with Crippen LogP contribution in [-0.4, -0.2) is 30.1 Å². The van der Waals surface area contributed by atoms with Gasteiger partial charge in [0.05, 0.1) is 14.2 Å². The van der Waals surface area contributed by atoms with E-state index >= 15 is 0 Å². The third-order valence-corrected chi connectivity index (χ3v) is 2.92. The molecule has 2 aromatic rings. The summed E-state index contributed by atoms with van der Waals surface area (Å²) in [7, 11) is 3.08. The molecule has 7 heteroatoms. The largest absolute Gasteiger partial charge is 0.493 e. The minimum absolute atomic E-state index is 0.0756. The van der Waals surface area contributed by atoms with E-state index < -0.39 is 5.91 Å². The second kappa shape index (κ2) is 6.08. The highest BCUT2D eigenvalue weighted by Gasteiger charge is 2.15. The van der Waals surface area contributed by atoms with Gasteiger partial charge in [0.2, 0.25) is 0 Å². The van der Waals surface area contributed by atoms with Crippen LogP contribution in [0.4, 0.5) is 11.5 Å². The van der Waals surface area contributed by atoms with E-state index in [0.717, 1.165) is 5.56 Å². The van der Waals surface area contributed by atoms with E-state index in [2.05, 4.69) is 15.3 Å². The smallest absolute Gasteiger partial charge is 0.278 e. The lowest BCUT2D eigenvalue weighted by Gasteiger charge is -2.13. The molecule has 110 valence electrons. The number of nitrogen functional groups attached to an aromatic ring is 1. The van der Waals surface area contributed by atoms with E-state index in [0.29, 0.717) is 17.2 Å². The molecule has 0 spiro atoms. The molecule has 0 aliphatic rings. The number of nitrogens with one attached hydrogen (secondary N) is 1. The number of benzene rings is 1. The van der Waals surface area contributed by atoms with Crippen LogP contribution in [0.25, 0.3) is 0 Å². The number of anilines is 2. The van der Waals surface area contributed by atoms with Crippen LogP contribution in [0.15, 0.2) is 24.5 Å². The number of methoxy groups -OCH3 is 2. The molecule has 0 bridgehead atoms. The lowest BCUT2D eigenvalue weighted by Crippen LogP contribution is -2.17. The number of hydrogen-bond acceptors (Lipinski definition) is 6. The maximum Gasteiger partial charge on any atom is 0.278 e. The molecule has 21 heavy (non-hydrogen) atoms. The number of nitrogens with zero attached hydrogens (tertiary/aromatic N) is 2. The summed E-state index contributed by atoms with van der Waals surface area (Å²) in [5, 5.41) is 2.74. The molecule has 0 saturated heterocycles. The number of hydrogen-bond donors (Lipinski definition) is 2. The minimum Gasteiger partial charge on any atom is -0.493 e. The van der Waals surface area contributed by atoms with Crippen molar-refractivity contribution in [2.45, 2.75) is 6.92 Å². The van der Waals surface area contributed by atoms with Crippen molar-refractivity contribution in [2.75, 3.05) is 25.3 Å². The van der Waals surface area contributed by atoms with Crippen LogP contribution >= 0.6 is 0 Å². The SMILES string of the molecule is COc1cc(C)c(NC(=O)c2nccnc2N)cc1OC. The van der Waals surface area contributed by atoms with Crippen LogP contribution < -0.4 is 20.5 Å². The fourth-order valence-corrected chi connectivity index (χ4v) is 1.82. The average molecular weight is 288 g/mol. The van der Waals surface area contributed by atoms with Crippen LogP contribution in [-0.2, 0) is 0 Å². The van der Waals surface area contributed by atoms with Crippen molar-refractivity contribution in [2.24, 2.45) is 0 Å². The lowest BCUT2D eigenvalue weighted by molar-refractivity contribution is 0.102. The van der Waals surface area contributed by atoms with Gasteiger partial charge >= 0.3 is 0 Å². The molecule has 0 atom stereocenters. The quantitative estimate of drug-likeness (QED) is 0.887. The normalized spacial score (nSPS) is 10.0. The van der Waals surface area contributed by atoms with Gasteiger partial charge in [0.25, 0.3) is 5.91 Å². The molecule has 1 aromatic carbocycles. The van der Waals surface area contributed by atoms with Gasteiger partial charge in [-0.2, -0.15) is 0 Å². The highest BCUT2D eigenvalue weighted by molar-refractivity contribution is 6.06. The Bertz CT molecular complexity index is 673. The van der Waals surface area contributed by atoms with Crippen LogP contribution in [0.1, 0.15) is 16.1 Å². The number of rotatable bonds is 4. The van der Waals surface area contributed by atoms with Gasteiger partial charge in [-0.05, 0) is 18.6 Å². The predicted molar refractivity (Wildman–Crippen MR) is 78.7 cm³/mol. The van der Waals surface area contributed by atoms with Crippen molar-refractivity contribution in [3.63, 3.8) is 0 Å². The highest BCUT2D eigenvalue weighted by Crippen LogP contribution is 2.33. The summed E-state index contributed by atoms with van der Waals surface area (Å²) >= 11 is 0. The van der Waals surface area contributed by atoms with Gasteiger partial charge in [0.15, 0.2) is 23.0 Å². The summed E-state index contributed by atoms with van der Waals surface area (Å²) in [5.41, 5.74) is 7.12. The summed E-state index contributed by atoms with van der Waals surface area (Å²) in [6.45, 7) is 1.84. The predicted octanol–water partition coefficient (Wildman–Crippen LogP) is 1.64. The van der Waals surface area contributed by atoms with Crippen molar-refractivity contribution in [1.82, 2.24) is 9.97 Å². The third kappa shape index (κ3) is 3.02. The number of nitrogens with two attached hydrogens (primary N) is 1. The van der Waals surface area contributed by atoms with E-state index in [4.69, 9.17) is 15.2 Å². The van der Waals surface area contributed by atoms with Gasteiger partial charge in [-0.25, -0.2) is 9.97 Å². The first-order valence-corrected chi connectivity index (χ1v) is 6.17. The van der Waals surface area contributed by atoms with Gasteiger partial charge in [-0.1, -0.05) is 0 Å². The van der Waals surface area contributed by atoms with E-state index in [9.17, 15) is 4.79 Å². The zero-order valence-corrected chi connectivity index (χ0v) is 12.0. The van der Waals surface area contributed by atoms with Gasteiger partial charge < -0.3 is 20.5 Å². The fourth-order valence-electron chi connectivity index (χ4n) is 1.82. The zero-order chi connectivity index (χ0) is 15.4. The fraction of sp³-hybridized carbons (Fsp3) is 0.214. The maximum absolute atomic E-state index is 12.2. The van der Waals surface area contributed by atoms with Crippen molar-refractivity contribution in [3.05, 3.63) is 35.8 Å². The molecule has 2 rings (SSSR count). The molecule has 0 aliphatic heterocycles. The third-order valence-electron chi connectivity index (χ3n) is 2.92. The molecular weight excluding hydrogens is 272 g/mol. The van der Waals surface area contributed by atoms with Gasteiger partial charge in [0.1, 0.15) is 0 Å². The average Bonchev–Trinajstić information content (AvgIpc) is 2.49. The van der Waals surface area contributed by atoms with E-state index in [1.54, 1.807) is 19.2 Å². The summed E-state index contributed by atoms with van der Waals surface area (Å²) in [4.78, 5) is 19.9. The zero-order valence-electron chi connectivity index (χ0n) is 12.0. The second-order valence-electron chi connectivity index (χ2n) is 4.27. The number of aryl methyl sites for hydroxylation is 1.